The van der Waals surface area contributed by atoms with Gasteiger partial charge < -0.3 is 5.11 Å². The quantitative estimate of drug-likeness (QED) is 0.800. The molecule has 0 amide bonds. The first-order valence-corrected chi connectivity index (χ1v) is 7.28. The summed E-state index contributed by atoms with van der Waals surface area (Å²) in [7, 11) is -2.06. The van der Waals surface area contributed by atoms with Gasteiger partial charge in [-0.05, 0) is 27.2 Å². The highest BCUT2D eigenvalue weighted by Gasteiger charge is 2.28. The second-order valence-electron chi connectivity index (χ2n) is 5.14. The molecule has 0 atom stereocenters. The molecule has 0 fully saturated rings. The SMILES string of the molecule is Cc1nn(C)cc1S(=O)(=O)NC(C)(C)CCC(=O)O. The van der Waals surface area contributed by atoms with Crippen LogP contribution in [0.2, 0.25) is 0 Å². The molecule has 0 aromatic carbocycles. The molecule has 8 heteroatoms. The van der Waals surface area contributed by atoms with E-state index < -0.39 is 21.5 Å². The van der Waals surface area contributed by atoms with Crippen LogP contribution in [0.5, 0.6) is 0 Å². The number of hydrogen-bond acceptors (Lipinski definition) is 4. The highest BCUT2D eigenvalue weighted by molar-refractivity contribution is 7.89. The Bertz CT molecular complexity index is 575. The summed E-state index contributed by atoms with van der Waals surface area (Å²) in [5.41, 5.74) is -0.427. The van der Waals surface area contributed by atoms with Crippen molar-refractivity contribution in [3.8, 4) is 0 Å². The molecule has 19 heavy (non-hydrogen) atoms. The van der Waals surface area contributed by atoms with E-state index in [1.54, 1.807) is 27.8 Å². The Morgan fingerprint density at radius 3 is 2.53 bits per heavy atom. The van der Waals surface area contributed by atoms with Crippen molar-refractivity contribution in [1.82, 2.24) is 14.5 Å². The Labute approximate surface area is 112 Å². The molecular formula is C11H19N3O4S. The number of aromatic nitrogens is 2. The van der Waals surface area contributed by atoms with Crippen molar-refractivity contribution in [2.75, 3.05) is 0 Å². The second kappa shape index (κ2) is 5.30. The van der Waals surface area contributed by atoms with Gasteiger partial charge in [-0.3, -0.25) is 9.48 Å². The average Bonchev–Trinajstić information content (AvgIpc) is 2.54. The molecule has 7 nitrogen and oxygen atoms in total. The van der Waals surface area contributed by atoms with Gasteiger partial charge >= 0.3 is 5.97 Å². The number of carboxylic acids is 1. The van der Waals surface area contributed by atoms with Gasteiger partial charge in [0.2, 0.25) is 10.0 Å². The van der Waals surface area contributed by atoms with Crippen LogP contribution in [0.15, 0.2) is 11.1 Å². The molecule has 108 valence electrons. The molecule has 1 heterocycles. The summed E-state index contributed by atoms with van der Waals surface area (Å²) in [6.07, 6.45) is 1.54. The molecule has 1 aromatic rings. The molecule has 0 aliphatic heterocycles. The number of sulfonamides is 1. The lowest BCUT2D eigenvalue weighted by Gasteiger charge is -2.25. The van der Waals surface area contributed by atoms with Crippen molar-refractivity contribution in [3.63, 3.8) is 0 Å². The minimum atomic E-state index is -3.70. The van der Waals surface area contributed by atoms with E-state index in [0.717, 1.165) is 0 Å². The number of aliphatic carboxylic acids is 1. The molecule has 0 radical (unpaired) electrons. The number of hydrogen-bond donors (Lipinski definition) is 2. The molecule has 1 aromatic heterocycles. The van der Waals surface area contributed by atoms with Crippen LogP contribution < -0.4 is 4.72 Å². The van der Waals surface area contributed by atoms with E-state index in [-0.39, 0.29) is 17.7 Å². The summed E-state index contributed by atoms with van der Waals surface area (Å²) < 4.78 is 28.4. The van der Waals surface area contributed by atoms with Crippen molar-refractivity contribution in [1.29, 1.82) is 0 Å². The number of aryl methyl sites for hydroxylation is 2. The van der Waals surface area contributed by atoms with E-state index in [1.807, 2.05) is 0 Å². The number of nitrogens with one attached hydrogen (secondary N) is 1. The van der Waals surface area contributed by atoms with Crippen LogP contribution in [0.25, 0.3) is 0 Å². The zero-order valence-corrected chi connectivity index (χ0v) is 12.3. The molecule has 0 saturated carbocycles. The van der Waals surface area contributed by atoms with Crippen LogP contribution in [-0.2, 0) is 21.9 Å². The standard InChI is InChI=1S/C11H19N3O4S/c1-8-9(7-14(4)12-8)19(17,18)13-11(2,3)6-5-10(15)16/h7,13H,5-6H2,1-4H3,(H,15,16). The lowest BCUT2D eigenvalue weighted by molar-refractivity contribution is -0.137. The smallest absolute Gasteiger partial charge is 0.303 e. The molecule has 0 aliphatic rings. The van der Waals surface area contributed by atoms with Crippen molar-refractivity contribution < 1.29 is 18.3 Å². The van der Waals surface area contributed by atoms with Crippen LogP contribution in [-0.4, -0.2) is 34.8 Å². The first-order valence-electron chi connectivity index (χ1n) is 5.79. The number of nitrogens with zero attached hydrogens (tertiary/aromatic N) is 2. The van der Waals surface area contributed by atoms with Crippen LogP contribution >= 0.6 is 0 Å². The first-order chi connectivity index (χ1) is 8.53. The van der Waals surface area contributed by atoms with Crippen molar-refractivity contribution in [2.24, 2.45) is 7.05 Å². The predicted molar refractivity (Wildman–Crippen MR) is 69.2 cm³/mol. The van der Waals surface area contributed by atoms with Crippen molar-refractivity contribution in [2.45, 2.75) is 44.0 Å². The highest BCUT2D eigenvalue weighted by Crippen LogP contribution is 2.18. The fourth-order valence-electron chi connectivity index (χ4n) is 1.73. The van der Waals surface area contributed by atoms with Gasteiger partial charge in [0, 0.05) is 25.2 Å². The molecule has 1 rings (SSSR count). The molecule has 0 aliphatic carbocycles. The minimum absolute atomic E-state index is 0.0957. The Hall–Kier alpha value is -1.41. The highest BCUT2D eigenvalue weighted by atomic mass is 32.2. The van der Waals surface area contributed by atoms with E-state index in [9.17, 15) is 13.2 Å². The third kappa shape index (κ3) is 4.32. The summed E-state index contributed by atoms with van der Waals surface area (Å²) in [5.74, 6) is -0.954. The van der Waals surface area contributed by atoms with E-state index in [0.29, 0.717) is 5.69 Å². The zero-order chi connectivity index (χ0) is 14.8. The third-order valence-electron chi connectivity index (χ3n) is 2.63. The second-order valence-corrected chi connectivity index (χ2v) is 6.79. The Kier molecular flexibility index (Phi) is 4.36. The monoisotopic (exact) mass is 289 g/mol. The predicted octanol–water partition coefficient (Wildman–Crippen LogP) is 0.650. The Balaban J connectivity index is 2.90. The summed E-state index contributed by atoms with van der Waals surface area (Å²) in [4.78, 5) is 10.7. The van der Waals surface area contributed by atoms with Crippen LogP contribution in [0.1, 0.15) is 32.4 Å². The lowest BCUT2D eigenvalue weighted by atomic mass is 10.0. The Morgan fingerprint density at radius 1 is 1.53 bits per heavy atom. The number of carboxylic acid groups (broad SMARTS) is 1. The van der Waals surface area contributed by atoms with Gasteiger partial charge in [-0.2, -0.15) is 5.10 Å². The maximum atomic E-state index is 12.2. The summed E-state index contributed by atoms with van der Waals surface area (Å²) in [5, 5.41) is 12.6. The number of rotatable bonds is 6. The largest absolute Gasteiger partial charge is 0.481 e. The zero-order valence-electron chi connectivity index (χ0n) is 11.5. The summed E-state index contributed by atoms with van der Waals surface area (Å²) in [6, 6.07) is 0. The van der Waals surface area contributed by atoms with Gasteiger partial charge in [0.25, 0.3) is 0 Å². The first kappa shape index (κ1) is 15.6. The fraction of sp³-hybridized carbons (Fsp3) is 0.636. The van der Waals surface area contributed by atoms with Gasteiger partial charge in [-0.15, -0.1) is 0 Å². The van der Waals surface area contributed by atoms with Crippen LogP contribution in [0, 0.1) is 6.92 Å². The molecule has 0 spiro atoms. The van der Waals surface area contributed by atoms with E-state index >= 15 is 0 Å². The number of carbonyl (C=O) groups is 1. The van der Waals surface area contributed by atoms with Crippen LogP contribution in [0.3, 0.4) is 0 Å². The van der Waals surface area contributed by atoms with Gasteiger partial charge in [-0.1, -0.05) is 0 Å². The molecular weight excluding hydrogens is 270 g/mol. The topological polar surface area (TPSA) is 101 Å². The van der Waals surface area contributed by atoms with Crippen LogP contribution in [0.4, 0.5) is 0 Å². The maximum Gasteiger partial charge on any atom is 0.303 e. The summed E-state index contributed by atoms with van der Waals surface area (Å²) in [6.45, 7) is 4.91. The van der Waals surface area contributed by atoms with Gasteiger partial charge in [0.1, 0.15) is 4.90 Å². The third-order valence-corrected chi connectivity index (χ3v) is 4.43. The fourth-order valence-corrected chi connectivity index (χ4v) is 3.39. The van der Waals surface area contributed by atoms with Crippen molar-refractivity contribution >= 4 is 16.0 Å². The molecule has 0 bridgehead atoms. The van der Waals surface area contributed by atoms with Gasteiger partial charge in [0.05, 0.1) is 5.69 Å². The van der Waals surface area contributed by atoms with E-state index in [4.69, 9.17) is 5.11 Å². The normalized spacial score (nSPS) is 12.6. The molecule has 0 unspecified atom stereocenters. The molecule has 0 saturated heterocycles. The average molecular weight is 289 g/mol. The summed E-state index contributed by atoms with van der Waals surface area (Å²) >= 11 is 0. The van der Waals surface area contributed by atoms with Crippen molar-refractivity contribution in [3.05, 3.63) is 11.9 Å². The molecule has 2 N–H and O–H groups in total. The van der Waals surface area contributed by atoms with Gasteiger partial charge in [-0.25, -0.2) is 13.1 Å². The minimum Gasteiger partial charge on any atom is -0.481 e. The Morgan fingerprint density at radius 2 is 2.11 bits per heavy atom. The maximum absolute atomic E-state index is 12.2. The van der Waals surface area contributed by atoms with Gasteiger partial charge in [0.15, 0.2) is 0 Å². The van der Waals surface area contributed by atoms with E-state index in [1.165, 1.54) is 10.9 Å². The lowest BCUT2D eigenvalue weighted by Crippen LogP contribution is -2.43. The van der Waals surface area contributed by atoms with E-state index in [2.05, 4.69) is 9.82 Å².